The lowest BCUT2D eigenvalue weighted by Gasteiger charge is -1.99. The quantitative estimate of drug-likeness (QED) is 0.354. The Morgan fingerprint density at radius 3 is 2.88 bits per heavy atom. The highest BCUT2D eigenvalue weighted by Gasteiger charge is 2.09. The number of nitriles is 1. The van der Waals surface area contributed by atoms with Crippen LogP contribution in [0.1, 0.15) is 0 Å². The van der Waals surface area contributed by atoms with E-state index >= 15 is 0 Å². The van der Waals surface area contributed by atoms with Crippen LogP contribution in [0.25, 0.3) is 0 Å². The van der Waals surface area contributed by atoms with Crippen LogP contribution < -0.4 is 5.48 Å². The van der Waals surface area contributed by atoms with E-state index in [1.807, 2.05) is 0 Å². The van der Waals surface area contributed by atoms with Gasteiger partial charge in [-0.1, -0.05) is 11.6 Å². The van der Waals surface area contributed by atoms with Crippen LogP contribution in [-0.4, -0.2) is 16.0 Å². The van der Waals surface area contributed by atoms with E-state index in [0.29, 0.717) is 0 Å². The first kappa shape index (κ1) is 11.9. The molecule has 0 fully saturated rings. The van der Waals surface area contributed by atoms with Crippen LogP contribution in [0.5, 0.6) is 0 Å². The Morgan fingerprint density at radius 2 is 2.38 bits per heavy atom. The molecule has 0 aliphatic heterocycles. The van der Waals surface area contributed by atoms with Gasteiger partial charge in [0.15, 0.2) is 0 Å². The van der Waals surface area contributed by atoms with Gasteiger partial charge >= 0.3 is 0 Å². The SMILES string of the molecule is N#CC(=Nc1cc([N+](=O)[O-])ccc1Cl)NO. The molecular formula is C8H5ClN4O3. The largest absolute Gasteiger partial charge is 0.289 e. The Hall–Kier alpha value is -2.17. The minimum Gasteiger partial charge on any atom is -0.289 e. The standard InChI is InChI=1S/C8H5ClN4O3/c9-6-2-1-5(13(15)16)3-7(6)11-8(4-10)12-14/h1-3,14H,(H,11,12). The minimum atomic E-state index is -0.617. The molecule has 0 amide bonds. The van der Waals surface area contributed by atoms with Gasteiger partial charge in [-0.25, -0.2) is 10.5 Å². The summed E-state index contributed by atoms with van der Waals surface area (Å²) in [6.07, 6.45) is 0. The van der Waals surface area contributed by atoms with E-state index in [2.05, 4.69) is 4.99 Å². The first-order valence-corrected chi connectivity index (χ1v) is 4.29. The number of hydrogen-bond donors (Lipinski definition) is 2. The summed E-state index contributed by atoms with van der Waals surface area (Å²) in [4.78, 5) is 13.5. The molecule has 0 aliphatic rings. The molecule has 16 heavy (non-hydrogen) atoms. The number of amidine groups is 1. The number of nitrogens with zero attached hydrogens (tertiary/aromatic N) is 3. The van der Waals surface area contributed by atoms with Crippen molar-refractivity contribution in [3.8, 4) is 6.07 Å². The van der Waals surface area contributed by atoms with Gasteiger partial charge in [0, 0.05) is 12.1 Å². The van der Waals surface area contributed by atoms with E-state index in [1.165, 1.54) is 23.7 Å². The lowest BCUT2D eigenvalue weighted by Crippen LogP contribution is -2.15. The Balaban J connectivity index is 3.23. The number of hydrogen-bond acceptors (Lipinski definition) is 5. The number of nitrogens with one attached hydrogen (secondary N) is 1. The molecule has 8 heteroatoms. The molecule has 1 rings (SSSR count). The van der Waals surface area contributed by atoms with Crippen LogP contribution in [0, 0.1) is 21.4 Å². The van der Waals surface area contributed by atoms with E-state index in [4.69, 9.17) is 22.1 Å². The second-order valence-electron chi connectivity index (χ2n) is 2.58. The highest BCUT2D eigenvalue weighted by Crippen LogP contribution is 2.29. The third kappa shape index (κ3) is 2.66. The van der Waals surface area contributed by atoms with Crippen molar-refractivity contribution in [1.29, 1.82) is 5.26 Å². The van der Waals surface area contributed by atoms with Gasteiger partial charge in [-0.2, -0.15) is 5.26 Å². The number of halogens is 1. The average Bonchev–Trinajstić information content (AvgIpc) is 2.27. The van der Waals surface area contributed by atoms with Crippen molar-refractivity contribution >= 4 is 28.8 Å². The molecule has 7 nitrogen and oxygen atoms in total. The normalized spacial score (nSPS) is 10.7. The number of non-ortho nitro benzene ring substituents is 1. The molecule has 1 aromatic carbocycles. The fourth-order valence-electron chi connectivity index (χ4n) is 0.896. The van der Waals surface area contributed by atoms with Crippen LogP contribution in [0.3, 0.4) is 0 Å². The molecule has 0 spiro atoms. The van der Waals surface area contributed by atoms with Crippen LogP contribution in [0.2, 0.25) is 5.02 Å². The summed E-state index contributed by atoms with van der Waals surface area (Å²) >= 11 is 5.71. The monoisotopic (exact) mass is 240 g/mol. The molecule has 0 unspecified atom stereocenters. The summed E-state index contributed by atoms with van der Waals surface area (Å²) < 4.78 is 0. The van der Waals surface area contributed by atoms with E-state index in [0.717, 1.165) is 6.07 Å². The van der Waals surface area contributed by atoms with Gasteiger partial charge in [-0.3, -0.25) is 15.3 Å². The molecular weight excluding hydrogens is 236 g/mol. The Kier molecular flexibility index (Phi) is 3.77. The van der Waals surface area contributed by atoms with E-state index in [9.17, 15) is 10.1 Å². The molecule has 0 atom stereocenters. The van der Waals surface area contributed by atoms with Gasteiger partial charge in [-0.15, -0.1) is 0 Å². The summed E-state index contributed by atoms with van der Waals surface area (Å²) in [6.45, 7) is 0. The first-order chi connectivity index (χ1) is 7.58. The van der Waals surface area contributed by atoms with Crippen molar-refractivity contribution in [1.82, 2.24) is 5.48 Å². The number of rotatable bonds is 2. The molecule has 1 aromatic rings. The zero-order valence-corrected chi connectivity index (χ0v) is 8.47. The van der Waals surface area contributed by atoms with Gasteiger partial charge in [-0.05, 0) is 6.07 Å². The molecule has 0 radical (unpaired) electrons. The van der Waals surface area contributed by atoms with Crippen LogP contribution in [0.15, 0.2) is 23.2 Å². The summed E-state index contributed by atoms with van der Waals surface area (Å²) in [5, 5.41) is 27.6. The lowest BCUT2D eigenvalue weighted by atomic mass is 10.3. The summed E-state index contributed by atoms with van der Waals surface area (Å²) in [7, 11) is 0. The summed E-state index contributed by atoms with van der Waals surface area (Å²) in [5.41, 5.74) is 1.35. The van der Waals surface area contributed by atoms with Crippen molar-refractivity contribution in [2.75, 3.05) is 0 Å². The molecule has 0 heterocycles. The van der Waals surface area contributed by atoms with Gasteiger partial charge in [0.05, 0.1) is 15.6 Å². The number of benzene rings is 1. The zero-order chi connectivity index (χ0) is 12.1. The highest BCUT2D eigenvalue weighted by atomic mass is 35.5. The Labute approximate surface area is 94.7 Å². The van der Waals surface area contributed by atoms with Crippen molar-refractivity contribution in [3.63, 3.8) is 0 Å². The van der Waals surface area contributed by atoms with Gasteiger partial charge in [0.2, 0.25) is 5.84 Å². The third-order valence-corrected chi connectivity index (χ3v) is 1.90. The molecule has 0 saturated heterocycles. The fraction of sp³-hybridized carbons (Fsp3) is 0. The molecule has 82 valence electrons. The molecule has 0 saturated carbocycles. The second kappa shape index (κ2) is 5.06. The Bertz CT molecular complexity index is 495. The third-order valence-electron chi connectivity index (χ3n) is 1.58. The maximum atomic E-state index is 10.5. The van der Waals surface area contributed by atoms with Crippen molar-refractivity contribution in [2.45, 2.75) is 0 Å². The fourth-order valence-corrected chi connectivity index (χ4v) is 1.06. The zero-order valence-electron chi connectivity index (χ0n) is 7.72. The van der Waals surface area contributed by atoms with Gasteiger partial charge in [0.1, 0.15) is 6.07 Å². The molecule has 0 bridgehead atoms. The van der Waals surface area contributed by atoms with E-state index in [1.54, 1.807) is 0 Å². The predicted octanol–water partition coefficient (Wildman–Crippen LogP) is 1.78. The van der Waals surface area contributed by atoms with Crippen molar-refractivity contribution in [3.05, 3.63) is 33.3 Å². The summed E-state index contributed by atoms with van der Waals surface area (Å²) in [6, 6.07) is 5.12. The van der Waals surface area contributed by atoms with E-state index < -0.39 is 10.8 Å². The predicted molar refractivity (Wildman–Crippen MR) is 55.7 cm³/mol. The molecule has 0 aliphatic carbocycles. The minimum absolute atomic E-state index is 0.0222. The van der Waals surface area contributed by atoms with E-state index in [-0.39, 0.29) is 16.4 Å². The van der Waals surface area contributed by atoms with Crippen molar-refractivity contribution in [2.24, 2.45) is 4.99 Å². The molecule has 2 N–H and O–H groups in total. The van der Waals surface area contributed by atoms with Crippen molar-refractivity contribution < 1.29 is 10.1 Å². The van der Waals surface area contributed by atoms with Gasteiger partial charge in [0.25, 0.3) is 5.69 Å². The first-order valence-electron chi connectivity index (χ1n) is 3.91. The van der Waals surface area contributed by atoms with Crippen LogP contribution >= 0.6 is 11.6 Å². The maximum Gasteiger partial charge on any atom is 0.271 e. The Morgan fingerprint density at radius 1 is 1.69 bits per heavy atom. The number of hydroxylamine groups is 1. The van der Waals surface area contributed by atoms with Crippen LogP contribution in [0.4, 0.5) is 11.4 Å². The molecule has 0 aromatic heterocycles. The number of aliphatic imine (C=N–C) groups is 1. The average molecular weight is 241 g/mol. The highest BCUT2D eigenvalue weighted by molar-refractivity contribution is 6.33. The second-order valence-corrected chi connectivity index (χ2v) is 2.98. The smallest absolute Gasteiger partial charge is 0.271 e. The topological polar surface area (TPSA) is 112 Å². The van der Waals surface area contributed by atoms with Crippen LogP contribution in [-0.2, 0) is 0 Å². The van der Waals surface area contributed by atoms with Gasteiger partial charge < -0.3 is 0 Å². The maximum absolute atomic E-state index is 10.5. The lowest BCUT2D eigenvalue weighted by molar-refractivity contribution is -0.384. The summed E-state index contributed by atoms with van der Waals surface area (Å²) in [5.74, 6) is -0.414. The number of nitro groups is 1. The number of nitro benzene ring substituents is 1.